The van der Waals surface area contributed by atoms with Gasteiger partial charge in [0, 0.05) is 12.2 Å². The molecule has 1 amide bonds. The van der Waals surface area contributed by atoms with Gasteiger partial charge >= 0.3 is 0 Å². The summed E-state index contributed by atoms with van der Waals surface area (Å²) in [6.45, 7) is 4.28. The van der Waals surface area contributed by atoms with Crippen LogP contribution in [0.5, 0.6) is 0 Å². The van der Waals surface area contributed by atoms with Crippen LogP contribution in [-0.2, 0) is 4.79 Å². The maximum Gasteiger partial charge on any atom is 0.244 e. The number of amides is 1. The van der Waals surface area contributed by atoms with Crippen molar-refractivity contribution < 1.29 is 4.79 Å². The Morgan fingerprint density at radius 1 is 1.11 bits per heavy atom. The molecule has 2 aromatic rings. The summed E-state index contributed by atoms with van der Waals surface area (Å²) in [6, 6.07) is 22.3. The molecule has 0 saturated carbocycles. The van der Waals surface area contributed by atoms with Gasteiger partial charge in [-0.25, -0.2) is 0 Å². The van der Waals surface area contributed by atoms with Gasteiger partial charge in [0.05, 0.1) is 18.5 Å². The molecular formula is C23H27N3O. The summed E-state index contributed by atoms with van der Waals surface area (Å²) in [5, 5.41) is 8.97. The second-order valence-corrected chi connectivity index (χ2v) is 7.13. The van der Waals surface area contributed by atoms with Crippen LogP contribution in [0.3, 0.4) is 0 Å². The summed E-state index contributed by atoms with van der Waals surface area (Å²) < 4.78 is 0. The number of hydrogen-bond donors (Lipinski definition) is 0. The molecule has 4 heteroatoms. The van der Waals surface area contributed by atoms with Crippen LogP contribution < -0.4 is 4.90 Å². The summed E-state index contributed by atoms with van der Waals surface area (Å²) in [6.07, 6.45) is 2.49. The third kappa shape index (κ3) is 4.75. The molecule has 1 fully saturated rings. The van der Waals surface area contributed by atoms with Gasteiger partial charge in [0.1, 0.15) is 0 Å². The van der Waals surface area contributed by atoms with Gasteiger partial charge in [-0.3, -0.25) is 9.69 Å². The molecule has 0 bridgehead atoms. The van der Waals surface area contributed by atoms with E-state index >= 15 is 0 Å². The Balaban J connectivity index is 1.64. The lowest BCUT2D eigenvalue weighted by Crippen LogP contribution is -2.50. The monoisotopic (exact) mass is 361 g/mol. The zero-order valence-corrected chi connectivity index (χ0v) is 15.9. The van der Waals surface area contributed by atoms with E-state index in [0.717, 1.165) is 31.6 Å². The first-order valence-corrected chi connectivity index (χ1v) is 9.73. The van der Waals surface area contributed by atoms with Crippen molar-refractivity contribution in [3.63, 3.8) is 0 Å². The van der Waals surface area contributed by atoms with Gasteiger partial charge in [-0.05, 0) is 56.5 Å². The Labute approximate surface area is 162 Å². The van der Waals surface area contributed by atoms with Crippen molar-refractivity contribution >= 4 is 11.6 Å². The van der Waals surface area contributed by atoms with E-state index in [1.807, 2.05) is 37.3 Å². The minimum Gasteiger partial charge on any atom is -0.310 e. The van der Waals surface area contributed by atoms with E-state index in [1.54, 1.807) is 4.90 Å². The number of para-hydroxylation sites is 1. The van der Waals surface area contributed by atoms with Crippen LogP contribution in [-0.4, -0.2) is 36.5 Å². The Hall–Kier alpha value is -2.64. The summed E-state index contributed by atoms with van der Waals surface area (Å²) in [7, 11) is 0. The Morgan fingerprint density at radius 3 is 2.30 bits per heavy atom. The second kappa shape index (κ2) is 9.34. The molecular weight excluding hydrogens is 334 g/mol. The van der Waals surface area contributed by atoms with Gasteiger partial charge in [0.15, 0.2) is 0 Å². The number of hydrogen-bond acceptors (Lipinski definition) is 3. The van der Waals surface area contributed by atoms with Crippen LogP contribution >= 0.6 is 0 Å². The van der Waals surface area contributed by atoms with Crippen LogP contribution in [0, 0.1) is 11.3 Å². The smallest absolute Gasteiger partial charge is 0.244 e. The van der Waals surface area contributed by atoms with Gasteiger partial charge in [-0.15, -0.1) is 0 Å². The summed E-state index contributed by atoms with van der Waals surface area (Å²) in [5.41, 5.74) is 2.26. The lowest BCUT2D eigenvalue weighted by atomic mass is 9.89. The molecule has 1 atom stereocenters. The van der Waals surface area contributed by atoms with Crippen molar-refractivity contribution in [1.29, 1.82) is 5.26 Å². The lowest BCUT2D eigenvalue weighted by molar-refractivity contribution is -0.123. The SMILES string of the molecule is CC(C(=O)N(CCC#N)c1ccccc1)N1CCC(c2ccccc2)CC1. The number of likely N-dealkylation sites (tertiary alicyclic amines) is 1. The van der Waals surface area contributed by atoms with E-state index in [2.05, 4.69) is 41.3 Å². The minimum atomic E-state index is -0.180. The number of carbonyl (C=O) groups excluding carboxylic acids is 1. The molecule has 0 aromatic heterocycles. The quantitative estimate of drug-likeness (QED) is 0.775. The molecule has 1 unspecified atom stereocenters. The molecule has 1 aliphatic heterocycles. The number of benzene rings is 2. The van der Waals surface area contributed by atoms with Crippen LogP contribution in [0.25, 0.3) is 0 Å². The maximum absolute atomic E-state index is 13.2. The van der Waals surface area contributed by atoms with Crippen molar-refractivity contribution in [1.82, 2.24) is 4.90 Å². The zero-order chi connectivity index (χ0) is 19.1. The number of anilines is 1. The van der Waals surface area contributed by atoms with Crippen LogP contribution in [0.2, 0.25) is 0 Å². The highest BCUT2D eigenvalue weighted by Crippen LogP contribution is 2.29. The van der Waals surface area contributed by atoms with Crippen LogP contribution in [0.4, 0.5) is 5.69 Å². The number of nitriles is 1. The third-order valence-corrected chi connectivity index (χ3v) is 5.49. The van der Waals surface area contributed by atoms with Gasteiger partial charge < -0.3 is 4.90 Å². The van der Waals surface area contributed by atoms with Crippen molar-refractivity contribution in [2.45, 2.75) is 38.1 Å². The van der Waals surface area contributed by atoms with Crippen molar-refractivity contribution in [2.75, 3.05) is 24.5 Å². The fraction of sp³-hybridized carbons (Fsp3) is 0.391. The Kier molecular flexibility index (Phi) is 6.62. The predicted octanol–water partition coefficient (Wildman–Crippen LogP) is 4.20. The molecule has 0 aliphatic carbocycles. The first kappa shape index (κ1) is 19.1. The molecule has 140 valence electrons. The van der Waals surface area contributed by atoms with Gasteiger partial charge in [0.2, 0.25) is 5.91 Å². The van der Waals surface area contributed by atoms with Crippen LogP contribution in [0.1, 0.15) is 37.7 Å². The van der Waals surface area contributed by atoms with Crippen molar-refractivity contribution in [3.05, 3.63) is 66.2 Å². The number of carbonyl (C=O) groups is 1. The lowest BCUT2D eigenvalue weighted by Gasteiger charge is -2.37. The standard InChI is InChI=1S/C23H27N3O/c1-19(23(27)26(16-8-15-24)22-11-6-3-7-12-22)25-17-13-21(14-18-25)20-9-4-2-5-10-20/h2-7,9-12,19,21H,8,13-14,16-18H2,1H3. The van der Waals surface area contributed by atoms with Crippen molar-refractivity contribution in [2.24, 2.45) is 0 Å². The number of nitrogens with zero attached hydrogens (tertiary/aromatic N) is 3. The van der Waals surface area contributed by atoms with Gasteiger partial charge in [0.25, 0.3) is 0 Å². The van der Waals surface area contributed by atoms with E-state index in [4.69, 9.17) is 5.26 Å². The first-order valence-electron chi connectivity index (χ1n) is 9.73. The third-order valence-electron chi connectivity index (χ3n) is 5.49. The van der Waals surface area contributed by atoms with E-state index in [9.17, 15) is 4.79 Å². The summed E-state index contributed by atoms with van der Waals surface area (Å²) in [5.74, 6) is 0.656. The maximum atomic E-state index is 13.2. The Bertz CT molecular complexity index is 761. The fourth-order valence-electron chi connectivity index (χ4n) is 3.86. The Morgan fingerprint density at radius 2 is 1.70 bits per heavy atom. The molecule has 3 rings (SSSR count). The summed E-state index contributed by atoms with van der Waals surface area (Å²) in [4.78, 5) is 17.2. The van der Waals surface area contributed by atoms with E-state index in [1.165, 1.54) is 5.56 Å². The first-order chi connectivity index (χ1) is 13.2. The summed E-state index contributed by atoms with van der Waals surface area (Å²) >= 11 is 0. The fourth-order valence-corrected chi connectivity index (χ4v) is 3.86. The molecule has 0 spiro atoms. The topological polar surface area (TPSA) is 47.3 Å². The average Bonchev–Trinajstić information content (AvgIpc) is 2.75. The minimum absolute atomic E-state index is 0.0783. The van der Waals surface area contributed by atoms with Gasteiger partial charge in [-0.2, -0.15) is 5.26 Å². The molecule has 0 N–H and O–H groups in total. The normalized spacial score (nSPS) is 16.4. The highest BCUT2D eigenvalue weighted by atomic mass is 16.2. The van der Waals surface area contributed by atoms with E-state index < -0.39 is 0 Å². The molecule has 1 aliphatic rings. The van der Waals surface area contributed by atoms with E-state index in [-0.39, 0.29) is 11.9 Å². The van der Waals surface area contributed by atoms with Gasteiger partial charge in [-0.1, -0.05) is 48.5 Å². The average molecular weight is 361 g/mol. The number of piperidine rings is 1. The molecule has 2 aromatic carbocycles. The van der Waals surface area contributed by atoms with E-state index in [0.29, 0.717) is 18.9 Å². The second-order valence-electron chi connectivity index (χ2n) is 7.13. The highest BCUT2D eigenvalue weighted by molar-refractivity contribution is 5.97. The van der Waals surface area contributed by atoms with Crippen molar-refractivity contribution in [3.8, 4) is 6.07 Å². The molecule has 1 heterocycles. The largest absolute Gasteiger partial charge is 0.310 e. The van der Waals surface area contributed by atoms with Crippen LogP contribution in [0.15, 0.2) is 60.7 Å². The predicted molar refractivity (Wildman–Crippen MR) is 108 cm³/mol. The molecule has 1 saturated heterocycles. The number of rotatable bonds is 6. The highest BCUT2D eigenvalue weighted by Gasteiger charge is 2.30. The molecule has 0 radical (unpaired) electrons. The zero-order valence-electron chi connectivity index (χ0n) is 15.9. The molecule has 4 nitrogen and oxygen atoms in total. The molecule has 27 heavy (non-hydrogen) atoms.